The van der Waals surface area contributed by atoms with Crippen molar-refractivity contribution >= 4 is 92.8 Å². The van der Waals surface area contributed by atoms with E-state index in [2.05, 4.69) is 0 Å². The first-order valence-corrected chi connectivity index (χ1v) is 8.47. The Bertz CT molecular complexity index is 520. The number of allylic oxidation sites excluding steroid dienone is 2. The highest BCUT2D eigenvalue weighted by atomic mass is 35.5. The molecule has 2 saturated carbocycles. The summed E-state index contributed by atoms with van der Waals surface area (Å²) in [5, 5.41) is -1.29. The number of halogens is 8. The van der Waals surface area contributed by atoms with Gasteiger partial charge < -0.3 is 4.74 Å². The maximum atomic E-state index is 6.65. The number of epoxide rings is 1. The van der Waals surface area contributed by atoms with Crippen LogP contribution in [0.15, 0.2) is 10.1 Å². The van der Waals surface area contributed by atoms with Crippen molar-refractivity contribution in [3.63, 3.8) is 0 Å². The predicted octanol–water partition coefficient (Wildman–Crippen LogP) is 5.02. The topological polar surface area (TPSA) is 12.5 Å². The molecule has 0 aromatic carbocycles. The minimum Gasteiger partial charge on any atom is -0.347 e. The Morgan fingerprint density at radius 3 is 1.84 bits per heavy atom. The smallest absolute Gasteiger partial charge is 0.185 e. The molecule has 3 fully saturated rings. The van der Waals surface area contributed by atoms with E-state index < -0.39 is 30.4 Å². The third-order valence-electron chi connectivity index (χ3n) is 4.71. The van der Waals surface area contributed by atoms with Gasteiger partial charge in [-0.25, -0.2) is 0 Å². The first-order chi connectivity index (χ1) is 8.56. The number of fused-ring (bicyclic) bond motifs is 7. The molecule has 2 unspecified atom stereocenters. The SMILES string of the molecule is ClC1=C(Cl)[C@]2(Cl)[C@@H]3C4O[C@]4(Cl)C(Cl)[C@H]3[C@@]1(Cl)C2(Cl)Cl. The number of rotatable bonds is 0. The monoisotopic (exact) mass is 420 g/mol. The Kier molecular flexibility index (Phi) is 2.75. The Balaban J connectivity index is 2.00. The number of hydrogen-bond acceptors (Lipinski definition) is 1. The van der Waals surface area contributed by atoms with E-state index in [1.807, 2.05) is 0 Å². The van der Waals surface area contributed by atoms with Gasteiger partial charge in [0, 0.05) is 11.8 Å². The molecule has 7 atom stereocenters. The van der Waals surface area contributed by atoms with Crippen molar-refractivity contribution in [2.45, 2.75) is 30.6 Å². The van der Waals surface area contributed by atoms with Crippen LogP contribution < -0.4 is 0 Å². The maximum Gasteiger partial charge on any atom is 0.185 e. The van der Waals surface area contributed by atoms with Crippen LogP contribution in [0.5, 0.6) is 0 Å². The van der Waals surface area contributed by atoms with Gasteiger partial charge in [0.25, 0.3) is 0 Å². The zero-order valence-electron chi connectivity index (χ0n) is 8.74. The van der Waals surface area contributed by atoms with Gasteiger partial charge in [0.05, 0.1) is 15.4 Å². The van der Waals surface area contributed by atoms with Crippen molar-refractivity contribution in [3.8, 4) is 0 Å². The predicted molar refractivity (Wildman–Crippen MR) is 80.4 cm³/mol. The molecule has 106 valence electrons. The normalized spacial score (nSPS) is 64.4. The number of ether oxygens (including phenoxy) is 1. The maximum absolute atomic E-state index is 6.65. The molecule has 0 aromatic heterocycles. The van der Waals surface area contributed by atoms with Crippen LogP contribution in [-0.4, -0.2) is 30.6 Å². The zero-order valence-corrected chi connectivity index (χ0v) is 14.8. The molecule has 0 radical (unpaired) electrons. The van der Waals surface area contributed by atoms with Crippen LogP contribution in [0.1, 0.15) is 0 Å². The van der Waals surface area contributed by atoms with E-state index in [0.717, 1.165) is 0 Å². The van der Waals surface area contributed by atoms with Crippen molar-refractivity contribution in [1.82, 2.24) is 0 Å². The van der Waals surface area contributed by atoms with Gasteiger partial charge in [-0.3, -0.25) is 0 Å². The number of hydrogen-bond donors (Lipinski definition) is 0. The lowest BCUT2D eigenvalue weighted by Crippen LogP contribution is -2.47. The second-order valence-electron chi connectivity index (χ2n) is 5.32. The zero-order chi connectivity index (χ0) is 14.2. The van der Waals surface area contributed by atoms with Crippen LogP contribution >= 0.6 is 92.8 Å². The van der Waals surface area contributed by atoms with Crippen LogP contribution in [0.4, 0.5) is 0 Å². The molecule has 1 heterocycles. The average Bonchev–Trinajstić information content (AvgIpc) is 2.90. The molecule has 19 heavy (non-hydrogen) atoms. The summed E-state index contributed by atoms with van der Waals surface area (Å²) < 4.78 is 3.88. The Morgan fingerprint density at radius 1 is 0.842 bits per heavy atom. The summed E-state index contributed by atoms with van der Waals surface area (Å²) in [7, 11) is 0. The van der Waals surface area contributed by atoms with Gasteiger partial charge >= 0.3 is 0 Å². The average molecular weight is 424 g/mol. The first-order valence-electron chi connectivity index (χ1n) is 5.39. The summed E-state index contributed by atoms with van der Waals surface area (Å²) in [6, 6.07) is 0. The molecular weight excluding hydrogens is 420 g/mol. The van der Waals surface area contributed by atoms with E-state index in [4.69, 9.17) is 97.5 Å². The highest BCUT2D eigenvalue weighted by Gasteiger charge is 2.92. The van der Waals surface area contributed by atoms with Crippen LogP contribution in [-0.2, 0) is 4.74 Å². The molecule has 1 aliphatic heterocycles. The quantitative estimate of drug-likeness (QED) is 0.394. The highest BCUT2D eigenvalue weighted by Crippen LogP contribution is 2.83. The Morgan fingerprint density at radius 2 is 1.32 bits per heavy atom. The lowest BCUT2D eigenvalue weighted by atomic mass is 9.83. The van der Waals surface area contributed by atoms with Gasteiger partial charge in [-0.1, -0.05) is 58.0 Å². The molecule has 1 saturated heterocycles. The molecule has 4 aliphatic rings. The minimum absolute atomic E-state index is 0.143. The summed E-state index contributed by atoms with van der Waals surface area (Å²) in [5.74, 6) is -0.786. The van der Waals surface area contributed by atoms with Crippen molar-refractivity contribution in [2.24, 2.45) is 11.8 Å². The van der Waals surface area contributed by atoms with E-state index in [1.165, 1.54) is 0 Å². The van der Waals surface area contributed by atoms with Crippen molar-refractivity contribution in [3.05, 3.63) is 10.1 Å². The van der Waals surface area contributed by atoms with Gasteiger partial charge in [-0.15, -0.1) is 34.8 Å². The Hall–Kier alpha value is 2.02. The fourth-order valence-corrected chi connectivity index (χ4v) is 7.80. The molecule has 4 rings (SSSR count). The van der Waals surface area contributed by atoms with Crippen molar-refractivity contribution in [1.29, 1.82) is 0 Å². The lowest BCUT2D eigenvalue weighted by Gasteiger charge is -2.35. The third-order valence-corrected chi connectivity index (χ3v) is 10.2. The van der Waals surface area contributed by atoms with Gasteiger partial charge in [0.2, 0.25) is 0 Å². The summed E-state index contributed by atoms with van der Waals surface area (Å²) >= 11 is 51.3. The first kappa shape index (κ1) is 14.6. The van der Waals surface area contributed by atoms with E-state index in [9.17, 15) is 0 Å². The van der Waals surface area contributed by atoms with Crippen molar-refractivity contribution in [2.75, 3.05) is 0 Å². The molecular formula is C10H4Cl8O. The Labute approximate surface area is 149 Å². The molecule has 0 aromatic rings. The molecule has 2 bridgehead atoms. The van der Waals surface area contributed by atoms with E-state index in [1.54, 1.807) is 0 Å². The second-order valence-corrected chi connectivity index (χ2v) is 9.65. The summed E-state index contributed by atoms with van der Waals surface area (Å²) in [6.45, 7) is 0. The molecule has 0 amide bonds. The molecule has 0 spiro atoms. The van der Waals surface area contributed by atoms with Gasteiger partial charge in [-0.2, -0.15) is 0 Å². The van der Waals surface area contributed by atoms with Crippen LogP contribution in [0, 0.1) is 11.8 Å². The van der Waals surface area contributed by atoms with E-state index >= 15 is 0 Å². The van der Waals surface area contributed by atoms with Gasteiger partial charge in [-0.05, 0) is 0 Å². The summed E-state index contributed by atoms with van der Waals surface area (Å²) in [4.78, 5) is -2.70. The molecule has 1 nitrogen and oxygen atoms in total. The highest BCUT2D eigenvalue weighted by molar-refractivity contribution is 6.66. The molecule has 0 N–H and O–H groups in total. The lowest BCUT2D eigenvalue weighted by molar-refractivity contribution is 0.194. The van der Waals surface area contributed by atoms with Crippen LogP contribution in [0.25, 0.3) is 0 Å². The van der Waals surface area contributed by atoms with Gasteiger partial charge in [0.15, 0.2) is 9.39 Å². The summed E-state index contributed by atoms with van der Waals surface area (Å²) in [6.07, 6.45) is -0.379. The minimum atomic E-state index is -1.58. The van der Waals surface area contributed by atoms with E-state index in [0.29, 0.717) is 0 Å². The van der Waals surface area contributed by atoms with Crippen LogP contribution in [0.3, 0.4) is 0 Å². The fraction of sp³-hybridized carbons (Fsp3) is 0.800. The number of alkyl halides is 6. The van der Waals surface area contributed by atoms with Crippen LogP contribution in [0.2, 0.25) is 0 Å². The molecule has 3 aliphatic carbocycles. The standard InChI is InChI=1S/C10H4Cl8O/c11-3-1-2(6-9(3,16)19-6)8(15)5(13)4(12)7(1,14)10(8,17)18/h1-3,6H/t1-,2-,3?,6?,7-,8+,9+/m0/s1. The van der Waals surface area contributed by atoms with Crippen molar-refractivity contribution < 1.29 is 4.74 Å². The molecule has 9 heteroatoms. The van der Waals surface area contributed by atoms with Gasteiger partial charge in [0.1, 0.15) is 15.9 Å². The summed E-state index contributed by atoms with van der Waals surface area (Å²) in [5.41, 5.74) is 0. The van der Waals surface area contributed by atoms with E-state index in [-0.39, 0.29) is 22.1 Å². The largest absolute Gasteiger partial charge is 0.347 e. The fourth-order valence-electron chi connectivity index (χ4n) is 3.79. The third kappa shape index (κ3) is 1.16. The second kappa shape index (κ2) is 3.57.